The van der Waals surface area contributed by atoms with Gasteiger partial charge in [-0.05, 0) is 18.6 Å². The number of aliphatic carboxylic acids is 1. The fourth-order valence-corrected chi connectivity index (χ4v) is 1.49. The molecule has 0 aromatic heterocycles. The Labute approximate surface area is 71.7 Å². The first-order valence-corrected chi connectivity index (χ1v) is 4.83. The summed E-state index contributed by atoms with van der Waals surface area (Å²) >= 11 is 1.69. The van der Waals surface area contributed by atoms with Crippen molar-refractivity contribution >= 4 is 17.7 Å². The second-order valence-corrected chi connectivity index (χ2v) is 3.41. The molecule has 0 radical (unpaired) electrons. The van der Waals surface area contributed by atoms with Gasteiger partial charge in [-0.15, -0.1) is 6.58 Å². The minimum absolute atomic E-state index is 0.277. The zero-order valence-electron chi connectivity index (χ0n) is 6.58. The Morgan fingerprint density at radius 1 is 1.55 bits per heavy atom. The van der Waals surface area contributed by atoms with Crippen molar-refractivity contribution in [3.8, 4) is 0 Å². The lowest BCUT2D eigenvalue weighted by Crippen LogP contribution is -1.96. The smallest absolute Gasteiger partial charge is 0.304 e. The number of carboxylic acids is 1. The van der Waals surface area contributed by atoms with Crippen LogP contribution in [-0.2, 0) is 4.79 Å². The second kappa shape index (κ2) is 7.66. The van der Waals surface area contributed by atoms with Crippen LogP contribution < -0.4 is 0 Å². The molecule has 0 heterocycles. The van der Waals surface area contributed by atoms with E-state index in [0.29, 0.717) is 0 Å². The van der Waals surface area contributed by atoms with Gasteiger partial charge in [0.05, 0.1) is 6.42 Å². The number of thioether (sulfide) groups is 1. The molecule has 0 rings (SSSR count). The lowest BCUT2D eigenvalue weighted by molar-refractivity contribution is -0.136. The summed E-state index contributed by atoms with van der Waals surface area (Å²) in [7, 11) is 0. The van der Waals surface area contributed by atoms with Gasteiger partial charge in [0.1, 0.15) is 0 Å². The molecule has 1 N–H and O–H groups in total. The molecule has 0 spiro atoms. The number of carboxylic acid groups (broad SMARTS) is 1. The minimum Gasteiger partial charge on any atom is -0.481 e. The van der Waals surface area contributed by atoms with Crippen molar-refractivity contribution in [3.63, 3.8) is 0 Å². The SMILES string of the molecule is C=CCCCSCCC(=O)O. The molecule has 0 unspecified atom stereocenters. The van der Waals surface area contributed by atoms with Gasteiger partial charge in [0.25, 0.3) is 0 Å². The molecule has 2 nitrogen and oxygen atoms in total. The van der Waals surface area contributed by atoms with Gasteiger partial charge in [-0.1, -0.05) is 6.08 Å². The zero-order chi connectivity index (χ0) is 8.53. The predicted octanol–water partition coefficient (Wildman–Crippen LogP) is 2.16. The topological polar surface area (TPSA) is 37.3 Å². The maximum absolute atomic E-state index is 10.1. The summed E-state index contributed by atoms with van der Waals surface area (Å²) < 4.78 is 0. The minimum atomic E-state index is -0.707. The van der Waals surface area contributed by atoms with E-state index in [-0.39, 0.29) is 6.42 Å². The Morgan fingerprint density at radius 2 is 2.27 bits per heavy atom. The zero-order valence-corrected chi connectivity index (χ0v) is 7.40. The maximum Gasteiger partial charge on any atom is 0.304 e. The molecule has 0 saturated carbocycles. The van der Waals surface area contributed by atoms with E-state index in [1.54, 1.807) is 11.8 Å². The number of rotatable bonds is 7. The highest BCUT2D eigenvalue weighted by Gasteiger charge is 1.95. The average Bonchev–Trinajstić information content (AvgIpc) is 1.96. The van der Waals surface area contributed by atoms with Crippen LogP contribution in [0.25, 0.3) is 0 Å². The molecule has 0 aromatic rings. The third-order valence-electron chi connectivity index (χ3n) is 1.16. The highest BCUT2D eigenvalue weighted by Crippen LogP contribution is 2.05. The fourth-order valence-electron chi connectivity index (χ4n) is 0.591. The molecule has 0 aliphatic heterocycles. The molecular formula is C8H14O2S. The van der Waals surface area contributed by atoms with E-state index >= 15 is 0 Å². The van der Waals surface area contributed by atoms with Crippen LogP contribution in [0, 0.1) is 0 Å². The van der Waals surface area contributed by atoms with E-state index in [1.165, 1.54) is 0 Å². The van der Waals surface area contributed by atoms with Crippen molar-refractivity contribution in [2.24, 2.45) is 0 Å². The first kappa shape index (κ1) is 10.6. The number of hydrogen-bond donors (Lipinski definition) is 1. The standard InChI is InChI=1S/C8H14O2S/c1-2-3-4-6-11-7-5-8(9)10/h2H,1,3-7H2,(H,9,10). The van der Waals surface area contributed by atoms with E-state index < -0.39 is 5.97 Å². The molecule has 64 valence electrons. The van der Waals surface area contributed by atoms with Crippen molar-refractivity contribution in [2.75, 3.05) is 11.5 Å². The van der Waals surface area contributed by atoms with E-state index in [2.05, 4.69) is 6.58 Å². The van der Waals surface area contributed by atoms with E-state index in [4.69, 9.17) is 5.11 Å². The third kappa shape index (κ3) is 9.56. The molecule has 0 saturated heterocycles. The van der Waals surface area contributed by atoms with E-state index in [9.17, 15) is 4.79 Å². The van der Waals surface area contributed by atoms with Gasteiger partial charge >= 0.3 is 5.97 Å². The van der Waals surface area contributed by atoms with E-state index in [0.717, 1.165) is 24.3 Å². The summed E-state index contributed by atoms with van der Waals surface area (Å²) in [6.07, 6.45) is 4.30. The number of allylic oxidation sites excluding steroid dienone is 1. The van der Waals surface area contributed by atoms with Crippen molar-refractivity contribution in [1.82, 2.24) is 0 Å². The average molecular weight is 174 g/mol. The van der Waals surface area contributed by atoms with Crippen LogP contribution in [0.2, 0.25) is 0 Å². The Morgan fingerprint density at radius 3 is 2.82 bits per heavy atom. The fraction of sp³-hybridized carbons (Fsp3) is 0.625. The van der Waals surface area contributed by atoms with Crippen molar-refractivity contribution in [2.45, 2.75) is 19.3 Å². The van der Waals surface area contributed by atoms with Crippen LogP contribution in [0.5, 0.6) is 0 Å². The van der Waals surface area contributed by atoms with Crippen LogP contribution in [0.3, 0.4) is 0 Å². The largest absolute Gasteiger partial charge is 0.481 e. The van der Waals surface area contributed by atoms with Gasteiger partial charge < -0.3 is 5.11 Å². The molecule has 11 heavy (non-hydrogen) atoms. The summed E-state index contributed by atoms with van der Waals surface area (Å²) in [4.78, 5) is 10.1. The lowest BCUT2D eigenvalue weighted by Gasteiger charge is -1.96. The lowest BCUT2D eigenvalue weighted by atomic mass is 10.3. The van der Waals surface area contributed by atoms with Crippen LogP contribution in [0.4, 0.5) is 0 Å². The molecule has 0 aliphatic carbocycles. The normalized spacial score (nSPS) is 9.45. The van der Waals surface area contributed by atoms with E-state index in [1.807, 2.05) is 6.08 Å². The maximum atomic E-state index is 10.1. The Hall–Kier alpha value is -0.440. The van der Waals surface area contributed by atoms with Crippen LogP contribution in [0.1, 0.15) is 19.3 Å². The number of carbonyl (C=O) groups is 1. The highest BCUT2D eigenvalue weighted by molar-refractivity contribution is 7.99. The van der Waals surface area contributed by atoms with Gasteiger partial charge in [0.2, 0.25) is 0 Å². The second-order valence-electron chi connectivity index (χ2n) is 2.19. The van der Waals surface area contributed by atoms with Gasteiger partial charge in [-0.2, -0.15) is 11.8 Å². The van der Waals surface area contributed by atoms with Crippen LogP contribution in [-0.4, -0.2) is 22.6 Å². The van der Waals surface area contributed by atoms with Gasteiger partial charge in [-0.3, -0.25) is 4.79 Å². The number of unbranched alkanes of at least 4 members (excludes halogenated alkanes) is 1. The monoisotopic (exact) mass is 174 g/mol. The molecule has 0 fully saturated rings. The van der Waals surface area contributed by atoms with Crippen LogP contribution >= 0.6 is 11.8 Å². The van der Waals surface area contributed by atoms with Gasteiger partial charge in [-0.25, -0.2) is 0 Å². The summed E-state index contributed by atoms with van der Waals surface area (Å²) in [6, 6.07) is 0. The Kier molecular flexibility index (Phi) is 7.36. The summed E-state index contributed by atoms with van der Waals surface area (Å²) in [5.41, 5.74) is 0. The van der Waals surface area contributed by atoms with Crippen LogP contribution in [0.15, 0.2) is 12.7 Å². The van der Waals surface area contributed by atoms with Crippen molar-refractivity contribution < 1.29 is 9.90 Å². The molecule has 0 bridgehead atoms. The summed E-state index contributed by atoms with van der Waals surface area (Å²) in [5, 5.41) is 8.29. The van der Waals surface area contributed by atoms with Gasteiger partial charge in [0, 0.05) is 5.75 Å². The predicted molar refractivity (Wildman–Crippen MR) is 49.0 cm³/mol. The first-order chi connectivity index (χ1) is 5.27. The molecule has 0 aromatic carbocycles. The number of hydrogen-bond acceptors (Lipinski definition) is 2. The first-order valence-electron chi connectivity index (χ1n) is 3.68. The van der Waals surface area contributed by atoms with Crippen molar-refractivity contribution in [3.05, 3.63) is 12.7 Å². The third-order valence-corrected chi connectivity index (χ3v) is 2.23. The summed E-state index contributed by atoms with van der Waals surface area (Å²) in [6.45, 7) is 3.60. The molecule has 0 amide bonds. The van der Waals surface area contributed by atoms with Crippen molar-refractivity contribution in [1.29, 1.82) is 0 Å². The molecule has 0 aliphatic rings. The van der Waals surface area contributed by atoms with Gasteiger partial charge in [0.15, 0.2) is 0 Å². The molecule has 3 heteroatoms. The Bertz CT molecular complexity index is 123. The Balaban J connectivity index is 2.90. The molecule has 0 atom stereocenters. The molecular weight excluding hydrogens is 160 g/mol. The quantitative estimate of drug-likeness (QED) is 0.474. The summed E-state index contributed by atoms with van der Waals surface area (Å²) in [5.74, 6) is 1.06. The highest BCUT2D eigenvalue weighted by atomic mass is 32.2.